The second-order valence-electron chi connectivity index (χ2n) is 7.65. The normalized spacial score (nSPS) is 17.1. The third-order valence-electron chi connectivity index (χ3n) is 5.17. The summed E-state index contributed by atoms with van der Waals surface area (Å²) in [5.74, 6) is 0.681. The van der Waals surface area contributed by atoms with Crippen LogP contribution in [0.25, 0.3) is 0 Å². The van der Waals surface area contributed by atoms with E-state index in [1.54, 1.807) is 44.6 Å². The Labute approximate surface area is 191 Å². The largest absolute Gasteiger partial charge is 0.513 e. The fourth-order valence-electron chi connectivity index (χ4n) is 3.65. The summed E-state index contributed by atoms with van der Waals surface area (Å²) in [6.45, 7) is 3.85. The Balaban J connectivity index is 1.61. The van der Waals surface area contributed by atoms with Crippen LogP contribution in [0.4, 0.5) is 4.79 Å². The summed E-state index contributed by atoms with van der Waals surface area (Å²) < 4.78 is 25.4. The third-order valence-corrected chi connectivity index (χ3v) is 5.17. The van der Waals surface area contributed by atoms with Gasteiger partial charge in [0.1, 0.15) is 11.5 Å². The highest BCUT2D eigenvalue weighted by Gasteiger charge is 2.34. The smallest absolute Gasteiger partial charge is 0.497 e. The van der Waals surface area contributed by atoms with Gasteiger partial charge in [-0.15, -0.1) is 0 Å². The van der Waals surface area contributed by atoms with Gasteiger partial charge in [0.15, 0.2) is 11.5 Å². The molecule has 4 unspecified atom stereocenters. The lowest BCUT2D eigenvalue weighted by atomic mass is 10.00. The van der Waals surface area contributed by atoms with Crippen molar-refractivity contribution < 1.29 is 43.5 Å². The molecular formula is C23H27NO9. The van der Waals surface area contributed by atoms with Gasteiger partial charge in [-0.05, 0) is 56.2 Å². The first-order valence-corrected chi connectivity index (χ1v) is 10.3. The van der Waals surface area contributed by atoms with Gasteiger partial charge in [-0.3, -0.25) is 0 Å². The van der Waals surface area contributed by atoms with Crippen LogP contribution < -0.4 is 24.3 Å². The zero-order valence-electron chi connectivity index (χ0n) is 18.7. The number of fused-ring (bicyclic) bond motifs is 1. The number of ether oxygens (including phenoxy) is 5. The van der Waals surface area contributed by atoms with Crippen LogP contribution in [0.2, 0.25) is 0 Å². The summed E-state index contributed by atoms with van der Waals surface area (Å²) in [6, 6.07) is 10.1. The number of rotatable bonds is 9. The van der Waals surface area contributed by atoms with Gasteiger partial charge in [0, 0.05) is 17.6 Å². The van der Waals surface area contributed by atoms with Crippen LogP contribution in [0, 0.1) is 0 Å². The van der Waals surface area contributed by atoms with Crippen molar-refractivity contribution in [2.75, 3.05) is 14.2 Å². The van der Waals surface area contributed by atoms with E-state index in [9.17, 15) is 14.7 Å². The van der Waals surface area contributed by atoms with Crippen molar-refractivity contribution in [3.05, 3.63) is 47.5 Å². The standard InChI is InChI=1S/C23H27NO9/c1-12(24-13(2)20(25)16-11-15(29-3)6-8-17(16)30-4)9-14-5-7-18-19(10-14)32-22(31-18)21(26)33-23(27)28/h5-8,10-13,20,22,24-25H,9H2,1-4H3,(H,27,28). The molecule has 0 aromatic heterocycles. The second-order valence-corrected chi connectivity index (χ2v) is 7.65. The summed E-state index contributed by atoms with van der Waals surface area (Å²) in [4.78, 5) is 22.2. The fraction of sp³-hybridized carbons (Fsp3) is 0.391. The summed E-state index contributed by atoms with van der Waals surface area (Å²) in [7, 11) is 3.11. The Morgan fingerprint density at radius 2 is 1.79 bits per heavy atom. The van der Waals surface area contributed by atoms with E-state index in [1.807, 2.05) is 19.9 Å². The lowest BCUT2D eigenvalue weighted by molar-refractivity contribution is -0.156. The van der Waals surface area contributed by atoms with Crippen LogP contribution >= 0.6 is 0 Å². The predicted octanol–water partition coefficient (Wildman–Crippen LogP) is 2.67. The molecule has 2 aromatic rings. The van der Waals surface area contributed by atoms with E-state index in [0.29, 0.717) is 35.0 Å². The first-order valence-electron chi connectivity index (χ1n) is 10.3. The molecule has 0 aliphatic carbocycles. The lowest BCUT2D eigenvalue weighted by Gasteiger charge is -2.26. The summed E-state index contributed by atoms with van der Waals surface area (Å²) in [5, 5.41) is 22.8. The topological polar surface area (TPSA) is 133 Å². The molecule has 1 aliphatic rings. The van der Waals surface area contributed by atoms with Gasteiger partial charge in [0.2, 0.25) is 0 Å². The molecule has 10 heteroatoms. The van der Waals surface area contributed by atoms with Crippen LogP contribution in [-0.4, -0.2) is 54.9 Å². The number of carbonyl (C=O) groups is 2. The van der Waals surface area contributed by atoms with E-state index in [0.717, 1.165) is 5.56 Å². The Morgan fingerprint density at radius 1 is 1.06 bits per heavy atom. The molecule has 178 valence electrons. The van der Waals surface area contributed by atoms with Crippen molar-refractivity contribution in [3.63, 3.8) is 0 Å². The first-order chi connectivity index (χ1) is 15.7. The average Bonchev–Trinajstić information content (AvgIpc) is 3.21. The third kappa shape index (κ3) is 5.85. The SMILES string of the molecule is COc1ccc(OC)c(C(O)C(C)NC(C)Cc2ccc3c(c2)OC(C(=O)OC(=O)O)O3)c1. The van der Waals surface area contributed by atoms with Gasteiger partial charge in [-0.1, -0.05) is 6.07 Å². The Kier molecular flexibility index (Phi) is 7.62. The van der Waals surface area contributed by atoms with Gasteiger partial charge < -0.3 is 39.2 Å². The molecular weight excluding hydrogens is 434 g/mol. The zero-order chi connectivity index (χ0) is 24.1. The Bertz CT molecular complexity index is 1010. The molecule has 0 spiro atoms. The monoisotopic (exact) mass is 461 g/mol. The summed E-state index contributed by atoms with van der Waals surface area (Å²) in [6.07, 6.45) is -3.44. The molecule has 0 fully saturated rings. The molecule has 1 aliphatic heterocycles. The molecule has 1 heterocycles. The molecule has 4 atom stereocenters. The van der Waals surface area contributed by atoms with E-state index in [-0.39, 0.29) is 12.1 Å². The number of hydrogen-bond donors (Lipinski definition) is 3. The van der Waals surface area contributed by atoms with Crippen LogP contribution in [0.15, 0.2) is 36.4 Å². The van der Waals surface area contributed by atoms with Crippen LogP contribution in [-0.2, 0) is 16.0 Å². The van der Waals surface area contributed by atoms with Crippen molar-refractivity contribution in [2.45, 2.75) is 44.7 Å². The van der Waals surface area contributed by atoms with E-state index < -0.39 is 24.5 Å². The molecule has 0 saturated heterocycles. The number of aliphatic hydroxyl groups excluding tert-OH is 1. The number of aliphatic hydroxyl groups is 1. The number of esters is 1. The number of carbonyl (C=O) groups excluding carboxylic acids is 1. The fourth-order valence-corrected chi connectivity index (χ4v) is 3.65. The van der Waals surface area contributed by atoms with Crippen LogP contribution in [0.1, 0.15) is 31.1 Å². The number of methoxy groups -OCH3 is 2. The van der Waals surface area contributed by atoms with Crippen molar-refractivity contribution in [2.24, 2.45) is 0 Å². The quantitative estimate of drug-likeness (QED) is 0.378. The van der Waals surface area contributed by atoms with Crippen LogP contribution in [0.5, 0.6) is 23.0 Å². The minimum atomic E-state index is -1.73. The van der Waals surface area contributed by atoms with Crippen molar-refractivity contribution in [1.82, 2.24) is 5.32 Å². The maximum Gasteiger partial charge on any atom is 0.513 e. The van der Waals surface area contributed by atoms with Crippen molar-refractivity contribution >= 4 is 12.1 Å². The highest BCUT2D eigenvalue weighted by Crippen LogP contribution is 2.36. The van der Waals surface area contributed by atoms with E-state index in [2.05, 4.69) is 10.1 Å². The molecule has 0 saturated carbocycles. The average molecular weight is 461 g/mol. The lowest BCUT2D eigenvalue weighted by Crippen LogP contribution is -2.39. The minimum Gasteiger partial charge on any atom is -0.497 e. The van der Waals surface area contributed by atoms with Crippen molar-refractivity contribution in [1.29, 1.82) is 0 Å². The Hall–Kier alpha value is -3.50. The molecule has 3 N–H and O–H groups in total. The summed E-state index contributed by atoms with van der Waals surface area (Å²) in [5.41, 5.74) is 1.51. The predicted molar refractivity (Wildman–Crippen MR) is 116 cm³/mol. The number of nitrogens with one attached hydrogen (secondary N) is 1. The maximum atomic E-state index is 11.7. The highest BCUT2D eigenvalue weighted by molar-refractivity contribution is 5.84. The van der Waals surface area contributed by atoms with E-state index >= 15 is 0 Å². The van der Waals surface area contributed by atoms with E-state index in [4.69, 9.17) is 24.1 Å². The minimum absolute atomic E-state index is 0.0283. The molecule has 0 amide bonds. The van der Waals surface area contributed by atoms with E-state index in [1.165, 1.54) is 0 Å². The van der Waals surface area contributed by atoms with Gasteiger partial charge in [0.25, 0.3) is 0 Å². The molecule has 3 rings (SSSR count). The molecule has 2 aromatic carbocycles. The first kappa shape index (κ1) is 24.1. The van der Waals surface area contributed by atoms with Gasteiger partial charge >= 0.3 is 18.4 Å². The second kappa shape index (κ2) is 10.4. The summed E-state index contributed by atoms with van der Waals surface area (Å²) >= 11 is 0. The van der Waals surface area contributed by atoms with Crippen LogP contribution in [0.3, 0.4) is 0 Å². The van der Waals surface area contributed by atoms with Crippen molar-refractivity contribution in [3.8, 4) is 23.0 Å². The number of hydrogen-bond acceptors (Lipinski definition) is 9. The molecule has 33 heavy (non-hydrogen) atoms. The zero-order valence-corrected chi connectivity index (χ0v) is 18.7. The molecule has 10 nitrogen and oxygen atoms in total. The number of benzene rings is 2. The van der Waals surface area contributed by atoms with Gasteiger partial charge in [0.05, 0.1) is 20.3 Å². The molecule has 0 radical (unpaired) electrons. The van der Waals surface area contributed by atoms with Gasteiger partial charge in [-0.25, -0.2) is 9.59 Å². The van der Waals surface area contributed by atoms with Gasteiger partial charge in [-0.2, -0.15) is 0 Å². The maximum absolute atomic E-state index is 11.7. The molecule has 0 bridgehead atoms. The number of carboxylic acid groups (broad SMARTS) is 1. The Morgan fingerprint density at radius 3 is 2.45 bits per heavy atom. The highest BCUT2D eigenvalue weighted by atomic mass is 16.8.